The van der Waals surface area contributed by atoms with E-state index < -0.39 is 0 Å². The van der Waals surface area contributed by atoms with Crippen LogP contribution in [0, 0.1) is 6.92 Å². The van der Waals surface area contributed by atoms with Gasteiger partial charge in [0.1, 0.15) is 24.0 Å². The maximum absolute atomic E-state index is 5.61. The first-order valence-corrected chi connectivity index (χ1v) is 8.15. The second-order valence-electron chi connectivity index (χ2n) is 5.67. The monoisotopic (exact) mass is 329 g/mol. The molecule has 0 fully saturated rings. The molecule has 1 unspecified atom stereocenters. The molecule has 1 aliphatic rings. The first-order valence-electron chi connectivity index (χ1n) is 8.15. The van der Waals surface area contributed by atoms with Crippen molar-refractivity contribution in [2.75, 3.05) is 20.2 Å². The van der Waals surface area contributed by atoms with E-state index in [4.69, 9.17) is 4.74 Å². The molecule has 2 aromatic rings. The lowest BCUT2D eigenvalue weighted by atomic mass is 10.1. The average molecular weight is 329 g/mol. The Bertz CT molecular complexity index is 683. The Morgan fingerprint density at radius 2 is 2.42 bits per heavy atom. The molecule has 8 heteroatoms. The van der Waals surface area contributed by atoms with Crippen LogP contribution in [-0.4, -0.2) is 51.9 Å². The van der Waals surface area contributed by atoms with Gasteiger partial charge >= 0.3 is 0 Å². The van der Waals surface area contributed by atoms with Gasteiger partial charge < -0.3 is 15.4 Å². The van der Waals surface area contributed by atoms with Crippen LogP contribution < -0.4 is 15.4 Å². The molecule has 0 radical (unpaired) electrons. The van der Waals surface area contributed by atoms with Crippen molar-refractivity contribution in [3.05, 3.63) is 36.2 Å². The third kappa shape index (κ3) is 4.21. The summed E-state index contributed by atoms with van der Waals surface area (Å²) in [7, 11) is 1.77. The van der Waals surface area contributed by atoms with E-state index in [-0.39, 0.29) is 0 Å². The molecule has 0 spiro atoms. The van der Waals surface area contributed by atoms with Crippen molar-refractivity contribution < 1.29 is 4.74 Å². The highest BCUT2D eigenvalue weighted by atomic mass is 16.5. The van der Waals surface area contributed by atoms with Gasteiger partial charge in [0, 0.05) is 25.7 Å². The second-order valence-corrected chi connectivity index (χ2v) is 5.67. The standard InChI is InChI=1S/C16H23N7O/c1-12-20-15-6-5-13(11-23(15)22-12)21-16(17-2)19-8-9-24-14-4-3-7-18-10-14/h3-4,7,10,13H,5-6,8-9,11H2,1-2H3,(H2,17,19,21). The molecule has 128 valence electrons. The first kappa shape index (κ1) is 16.2. The van der Waals surface area contributed by atoms with Gasteiger partial charge in [-0.25, -0.2) is 9.67 Å². The van der Waals surface area contributed by atoms with Crippen LogP contribution in [0.1, 0.15) is 18.1 Å². The van der Waals surface area contributed by atoms with Crippen LogP contribution in [0.3, 0.4) is 0 Å². The van der Waals surface area contributed by atoms with Crippen LogP contribution in [0.25, 0.3) is 0 Å². The molecule has 3 heterocycles. The number of guanidine groups is 1. The Morgan fingerprint density at radius 3 is 3.21 bits per heavy atom. The fraction of sp³-hybridized carbons (Fsp3) is 0.500. The topological polar surface area (TPSA) is 89.2 Å². The highest BCUT2D eigenvalue weighted by Crippen LogP contribution is 2.12. The van der Waals surface area contributed by atoms with Gasteiger partial charge in [-0.05, 0) is 25.5 Å². The molecular weight excluding hydrogens is 306 g/mol. The van der Waals surface area contributed by atoms with Crippen LogP contribution >= 0.6 is 0 Å². The van der Waals surface area contributed by atoms with Crippen LogP contribution in [0.5, 0.6) is 5.75 Å². The Hall–Kier alpha value is -2.64. The van der Waals surface area contributed by atoms with Gasteiger partial charge in [-0.1, -0.05) is 0 Å². The molecular formula is C16H23N7O. The summed E-state index contributed by atoms with van der Waals surface area (Å²) in [5.74, 6) is 3.44. The molecule has 3 rings (SSSR count). The highest BCUT2D eigenvalue weighted by molar-refractivity contribution is 5.79. The summed E-state index contributed by atoms with van der Waals surface area (Å²) >= 11 is 0. The Labute approximate surface area is 141 Å². The third-order valence-electron chi connectivity index (χ3n) is 3.83. The summed E-state index contributed by atoms with van der Waals surface area (Å²) in [4.78, 5) is 12.7. The number of pyridine rings is 1. The minimum atomic E-state index is 0.295. The van der Waals surface area contributed by atoms with Crippen LogP contribution in [0.15, 0.2) is 29.5 Å². The number of aryl methyl sites for hydroxylation is 2. The fourth-order valence-corrected chi connectivity index (χ4v) is 2.71. The largest absolute Gasteiger partial charge is 0.490 e. The number of rotatable bonds is 5. The minimum absolute atomic E-state index is 0.295. The van der Waals surface area contributed by atoms with E-state index in [0.717, 1.165) is 42.7 Å². The van der Waals surface area contributed by atoms with Gasteiger partial charge in [0.15, 0.2) is 5.96 Å². The lowest BCUT2D eigenvalue weighted by molar-refractivity contribution is 0.319. The zero-order valence-corrected chi connectivity index (χ0v) is 14.1. The summed E-state index contributed by atoms with van der Waals surface area (Å²) in [5, 5.41) is 11.1. The van der Waals surface area contributed by atoms with Gasteiger partial charge in [0.2, 0.25) is 0 Å². The smallest absolute Gasteiger partial charge is 0.191 e. The van der Waals surface area contributed by atoms with Crippen molar-refractivity contribution in [2.45, 2.75) is 32.4 Å². The summed E-state index contributed by atoms with van der Waals surface area (Å²) < 4.78 is 7.59. The summed E-state index contributed by atoms with van der Waals surface area (Å²) in [6, 6.07) is 4.04. The first-order chi connectivity index (χ1) is 11.7. The summed E-state index contributed by atoms with van der Waals surface area (Å²) in [6.07, 6.45) is 5.38. The van der Waals surface area contributed by atoms with Crippen LogP contribution in [-0.2, 0) is 13.0 Å². The van der Waals surface area contributed by atoms with Crippen molar-refractivity contribution in [1.29, 1.82) is 0 Å². The predicted molar refractivity (Wildman–Crippen MR) is 91.1 cm³/mol. The van der Waals surface area contributed by atoms with E-state index >= 15 is 0 Å². The predicted octanol–water partition coefficient (Wildman–Crippen LogP) is 0.540. The Kier molecular flexibility index (Phi) is 5.25. The van der Waals surface area contributed by atoms with E-state index in [9.17, 15) is 0 Å². The number of ether oxygens (including phenoxy) is 1. The maximum atomic E-state index is 5.61. The molecule has 0 amide bonds. The van der Waals surface area contributed by atoms with E-state index in [1.165, 1.54) is 0 Å². The normalized spacial score (nSPS) is 17.2. The minimum Gasteiger partial charge on any atom is -0.490 e. The van der Waals surface area contributed by atoms with E-state index in [0.29, 0.717) is 19.2 Å². The lowest BCUT2D eigenvalue weighted by Gasteiger charge is -2.25. The zero-order chi connectivity index (χ0) is 16.8. The van der Waals surface area contributed by atoms with Crippen LogP contribution in [0.2, 0.25) is 0 Å². The van der Waals surface area contributed by atoms with Crippen molar-refractivity contribution in [2.24, 2.45) is 4.99 Å². The number of aromatic nitrogens is 4. The lowest BCUT2D eigenvalue weighted by Crippen LogP contribution is -2.47. The number of fused-ring (bicyclic) bond motifs is 1. The molecule has 0 aromatic carbocycles. The summed E-state index contributed by atoms with van der Waals surface area (Å²) in [6.45, 7) is 3.94. The Morgan fingerprint density at radius 1 is 1.50 bits per heavy atom. The molecule has 0 bridgehead atoms. The summed E-state index contributed by atoms with van der Waals surface area (Å²) in [5.41, 5.74) is 0. The molecule has 8 nitrogen and oxygen atoms in total. The van der Waals surface area contributed by atoms with Gasteiger partial charge in [-0.2, -0.15) is 5.10 Å². The van der Waals surface area contributed by atoms with E-state index in [1.807, 2.05) is 23.7 Å². The van der Waals surface area contributed by atoms with Crippen molar-refractivity contribution in [3.8, 4) is 5.75 Å². The molecule has 1 atom stereocenters. The molecule has 0 saturated carbocycles. The van der Waals surface area contributed by atoms with Crippen LogP contribution in [0.4, 0.5) is 0 Å². The second kappa shape index (κ2) is 7.76. The van der Waals surface area contributed by atoms with E-state index in [1.54, 1.807) is 19.4 Å². The molecule has 0 aliphatic carbocycles. The molecule has 0 saturated heterocycles. The molecule has 1 aliphatic heterocycles. The maximum Gasteiger partial charge on any atom is 0.191 e. The molecule has 2 N–H and O–H groups in total. The van der Waals surface area contributed by atoms with Gasteiger partial charge in [0.25, 0.3) is 0 Å². The van der Waals surface area contributed by atoms with Gasteiger partial charge in [0.05, 0.1) is 19.3 Å². The van der Waals surface area contributed by atoms with Gasteiger partial charge in [-0.3, -0.25) is 9.98 Å². The quantitative estimate of drug-likeness (QED) is 0.473. The number of aliphatic imine (C=N–C) groups is 1. The number of nitrogens with zero attached hydrogens (tertiary/aromatic N) is 5. The highest BCUT2D eigenvalue weighted by Gasteiger charge is 2.21. The van der Waals surface area contributed by atoms with Crippen molar-refractivity contribution in [1.82, 2.24) is 30.4 Å². The molecule has 2 aromatic heterocycles. The average Bonchev–Trinajstić information content (AvgIpc) is 2.97. The van der Waals surface area contributed by atoms with E-state index in [2.05, 4.69) is 30.7 Å². The SMILES string of the molecule is CN=C(NCCOc1cccnc1)NC1CCc2nc(C)nn2C1. The Balaban J connectivity index is 1.42. The van der Waals surface area contributed by atoms with Crippen molar-refractivity contribution in [3.63, 3.8) is 0 Å². The van der Waals surface area contributed by atoms with Gasteiger partial charge in [-0.15, -0.1) is 0 Å². The fourth-order valence-electron chi connectivity index (χ4n) is 2.71. The number of nitrogens with one attached hydrogen (secondary N) is 2. The number of hydrogen-bond donors (Lipinski definition) is 2. The molecule has 24 heavy (non-hydrogen) atoms. The third-order valence-corrected chi connectivity index (χ3v) is 3.83. The van der Waals surface area contributed by atoms with Crippen molar-refractivity contribution >= 4 is 5.96 Å². The zero-order valence-electron chi connectivity index (χ0n) is 14.1. The number of hydrogen-bond acceptors (Lipinski definition) is 5.